The van der Waals surface area contributed by atoms with Crippen molar-refractivity contribution < 1.29 is 22.7 Å². The minimum absolute atomic E-state index is 0.150. The molecule has 0 radical (unpaired) electrons. The van der Waals surface area contributed by atoms with Gasteiger partial charge in [-0.1, -0.05) is 0 Å². The number of hydrogen-bond donors (Lipinski definition) is 1. The Balaban J connectivity index is 1.92. The van der Waals surface area contributed by atoms with Crippen LogP contribution >= 0.6 is 0 Å². The molecule has 0 saturated carbocycles. The zero-order valence-electron chi connectivity index (χ0n) is 15.0. The van der Waals surface area contributed by atoms with E-state index in [0.29, 0.717) is 24.4 Å². The molecule has 1 amide bonds. The second kappa shape index (κ2) is 6.34. The van der Waals surface area contributed by atoms with Crippen molar-refractivity contribution in [2.24, 2.45) is 0 Å². The number of aromatic amines is 1. The minimum Gasteiger partial charge on any atom is -0.444 e. The predicted molar refractivity (Wildman–Crippen MR) is 89.0 cm³/mol. The molecule has 5 nitrogen and oxygen atoms in total. The first kappa shape index (κ1) is 18.3. The summed E-state index contributed by atoms with van der Waals surface area (Å²) in [5.74, 6) is -4.05. The number of carbonyl (C=O) groups is 1. The third-order valence-corrected chi connectivity index (χ3v) is 4.27. The molecular formula is C18H20F3N3O2. The number of rotatable bonds is 1. The molecule has 2 aromatic rings. The third kappa shape index (κ3) is 3.27. The van der Waals surface area contributed by atoms with Crippen LogP contribution in [-0.4, -0.2) is 33.3 Å². The summed E-state index contributed by atoms with van der Waals surface area (Å²) in [6.07, 6.45) is -0.00332. The van der Waals surface area contributed by atoms with Crippen LogP contribution in [0.4, 0.5) is 18.0 Å². The Morgan fingerprint density at radius 3 is 2.46 bits per heavy atom. The highest BCUT2D eigenvalue weighted by atomic mass is 19.2. The molecule has 0 saturated heterocycles. The van der Waals surface area contributed by atoms with Gasteiger partial charge in [0, 0.05) is 17.7 Å². The van der Waals surface area contributed by atoms with Crippen LogP contribution in [0.2, 0.25) is 0 Å². The lowest BCUT2D eigenvalue weighted by Crippen LogP contribution is -2.42. The van der Waals surface area contributed by atoms with Gasteiger partial charge in [-0.05, 0) is 46.2 Å². The normalized spacial score (nSPS) is 17.2. The van der Waals surface area contributed by atoms with Crippen molar-refractivity contribution in [2.45, 2.75) is 45.8 Å². The highest BCUT2D eigenvalue weighted by molar-refractivity contribution is 5.71. The van der Waals surface area contributed by atoms with Gasteiger partial charge >= 0.3 is 6.09 Å². The van der Waals surface area contributed by atoms with Gasteiger partial charge in [0.25, 0.3) is 0 Å². The molecule has 1 aromatic heterocycles. The van der Waals surface area contributed by atoms with Crippen LogP contribution in [0, 0.1) is 17.5 Å². The molecule has 1 aliphatic heterocycles. The molecule has 1 aliphatic rings. The lowest BCUT2D eigenvalue weighted by atomic mass is 9.96. The number of H-pyrrole nitrogens is 1. The second-order valence-corrected chi connectivity index (χ2v) is 7.32. The van der Waals surface area contributed by atoms with Crippen molar-refractivity contribution in [3.05, 3.63) is 40.8 Å². The fraction of sp³-hybridized carbons (Fsp3) is 0.444. The molecule has 3 rings (SSSR count). The Bertz CT molecular complexity index is 835. The van der Waals surface area contributed by atoms with Crippen molar-refractivity contribution in [3.8, 4) is 11.3 Å². The van der Waals surface area contributed by atoms with Crippen LogP contribution < -0.4 is 0 Å². The van der Waals surface area contributed by atoms with Crippen molar-refractivity contribution in [1.82, 2.24) is 15.1 Å². The SMILES string of the molecule is C[C@@H]1c2[nH]nc(-c3cc(F)c(F)c(F)c3)c2CCN1C(=O)OC(C)(C)C. The molecule has 0 spiro atoms. The van der Waals surface area contributed by atoms with E-state index in [4.69, 9.17) is 4.74 Å². The van der Waals surface area contributed by atoms with E-state index in [-0.39, 0.29) is 11.6 Å². The highest BCUT2D eigenvalue weighted by Gasteiger charge is 2.34. The monoisotopic (exact) mass is 367 g/mol. The van der Waals surface area contributed by atoms with E-state index in [2.05, 4.69) is 10.2 Å². The standard InChI is InChI=1S/C18H20F3N3O2/c1-9-15-11(5-6-24(9)17(25)26-18(2,3)4)16(23-22-15)10-7-12(19)14(21)13(20)8-10/h7-9H,5-6H2,1-4H3,(H,22,23)/t9-/m1/s1. The van der Waals surface area contributed by atoms with Crippen LogP contribution in [0.1, 0.15) is 45.0 Å². The maximum absolute atomic E-state index is 13.5. The maximum atomic E-state index is 13.5. The Labute approximate surface area is 149 Å². The average molecular weight is 367 g/mol. The average Bonchev–Trinajstić information content (AvgIpc) is 2.95. The molecule has 0 aliphatic carbocycles. The van der Waals surface area contributed by atoms with Gasteiger partial charge in [0.2, 0.25) is 0 Å². The van der Waals surface area contributed by atoms with Gasteiger partial charge < -0.3 is 4.74 Å². The first-order valence-electron chi connectivity index (χ1n) is 8.30. The topological polar surface area (TPSA) is 58.2 Å². The summed E-state index contributed by atoms with van der Waals surface area (Å²) in [4.78, 5) is 13.9. The molecule has 0 bridgehead atoms. The van der Waals surface area contributed by atoms with Crippen LogP contribution in [-0.2, 0) is 11.2 Å². The zero-order valence-corrected chi connectivity index (χ0v) is 15.0. The fourth-order valence-corrected chi connectivity index (χ4v) is 3.06. The number of nitrogens with one attached hydrogen (secondary N) is 1. The number of carbonyl (C=O) groups excluding carboxylic acids is 1. The highest BCUT2D eigenvalue weighted by Crippen LogP contribution is 2.35. The molecule has 1 aromatic carbocycles. The van der Waals surface area contributed by atoms with Crippen molar-refractivity contribution in [3.63, 3.8) is 0 Å². The van der Waals surface area contributed by atoms with E-state index >= 15 is 0 Å². The summed E-state index contributed by atoms with van der Waals surface area (Å²) in [6.45, 7) is 7.56. The molecule has 26 heavy (non-hydrogen) atoms. The van der Waals surface area contributed by atoms with Crippen molar-refractivity contribution >= 4 is 6.09 Å². The van der Waals surface area contributed by atoms with Gasteiger partial charge in [-0.25, -0.2) is 18.0 Å². The number of aromatic nitrogens is 2. The van der Waals surface area contributed by atoms with E-state index < -0.39 is 29.1 Å². The number of nitrogens with zero attached hydrogens (tertiary/aromatic N) is 2. The van der Waals surface area contributed by atoms with E-state index in [1.807, 2.05) is 6.92 Å². The number of benzene rings is 1. The van der Waals surface area contributed by atoms with Gasteiger partial charge in [0.15, 0.2) is 17.5 Å². The Morgan fingerprint density at radius 2 is 1.88 bits per heavy atom. The van der Waals surface area contributed by atoms with Gasteiger partial charge in [0.1, 0.15) is 5.60 Å². The third-order valence-electron chi connectivity index (χ3n) is 4.27. The molecule has 2 heterocycles. The van der Waals surface area contributed by atoms with Gasteiger partial charge in [-0.2, -0.15) is 5.10 Å². The van der Waals surface area contributed by atoms with E-state index in [0.717, 1.165) is 17.7 Å². The van der Waals surface area contributed by atoms with Crippen molar-refractivity contribution in [2.75, 3.05) is 6.54 Å². The predicted octanol–water partition coefficient (Wildman–Crippen LogP) is 4.35. The molecule has 0 unspecified atom stereocenters. The fourth-order valence-electron chi connectivity index (χ4n) is 3.06. The van der Waals surface area contributed by atoms with Gasteiger partial charge in [-0.3, -0.25) is 10.00 Å². The summed E-state index contributed by atoms with van der Waals surface area (Å²) in [6, 6.07) is 1.49. The summed E-state index contributed by atoms with van der Waals surface area (Å²) in [5.41, 5.74) is 1.31. The van der Waals surface area contributed by atoms with Crippen LogP contribution in [0.5, 0.6) is 0 Å². The summed E-state index contributed by atoms with van der Waals surface area (Å²) in [7, 11) is 0. The quantitative estimate of drug-likeness (QED) is 0.763. The molecule has 1 atom stereocenters. The van der Waals surface area contributed by atoms with E-state index in [1.54, 1.807) is 25.7 Å². The zero-order chi connectivity index (χ0) is 19.2. The van der Waals surface area contributed by atoms with Crippen molar-refractivity contribution in [1.29, 1.82) is 0 Å². The summed E-state index contributed by atoms with van der Waals surface area (Å²) < 4.78 is 45.7. The first-order valence-corrected chi connectivity index (χ1v) is 8.30. The Morgan fingerprint density at radius 1 is 1.27 bits per heavy atom. The minimum atomic E-state index is -1.51. The largest absolute Gasteiger partial charge is 0.444 e. The van der Waals surface area contributed by atoms with Gasteiger partial charge in [0.05, 0.1) is 17.4 Å². The number of halogens is 3. The van der Waals surface area contributed by atoms with Crippen LogP contribution in [0.25, 0.3) is 11.3 Å². The Hall–Kier alpha value is -2.51. The Kier molecular flexibility index (Phi) is 4.46. The van der Waals surface area contributed by atoms with E-state index in [9.17, 15) is 18.0 Å². The second-order valence-electron chi connectivity index (χ2n) is 7.32. The van der Waals surface area contributed by atoms with Crippen LogP contribution in [0.15, 0.2) is 12.1 Å². The molecule has 8 heteroatoms. The molecule has 0 fully saturated rings. The van der Waals surface area contributed by atoms with Crippen LogP contribution in [0.3, 0.4) is 0 Å². The lowest BCUT2D eigenvalue weighted by molar-refractivity contribution is 0.0156. The maximum Gasteiger partial charge on any atom is 0.410 e. The summed E-state index contributed by atoms with van der Waals surface area (Å²) in [5, 5.41) is 6.98. The van der Waals surface area contributed by atoms with Gasteiger partial charge in [-0.15, -0.1) is 0 Å². The smallest absolute Gasteiger partial charge is 0.410 e. The number of ether oxygens (including phenoxy) is 1. The molecular weight excluding hydrogens is 347 g/mol. The lowest BCUT2D eigenvalue weighted by Gasteiger charge is -2.34. The molecule has 140 valence electrons. The summed E-state index contributed by atoms with van der Waals surface area (Å²) >= 11 is 0. The number of hydrogen-bond acceptors (Lipinski definition) is 3. The first-order chi connectivity index (χ1) is 12.1. The number of fused-ring (bicyclic) bond motifs is 1. The van der Waals surface area contributed by atoms with E-state index in [1.165, 1.54) is 0 Å². The molecule has 1 N–H and O–H groups in total. The number of amides is 1.